The van der Waals surface area contributed by atoms with Gasteiger partial charge in [-0.05, 0) is 55.4 Å². The number of amides is 1. The quantitative estimate of drug-likeness (QED) is 0.678. The van der Waals surface area contributed by atoms with E-state index >= 15 is 0 Å². The maximum absolute atomic E-state index is 12.8. The number of para-hydroxylation sites is 2. The van der Waals surface area contributed by atoms with Crippen molar-refractivity contribution >= 4 is 22.6 Å². The number of H-pyrrole nitrogens is 1. The monoisotopic (exact) mass is 346 g/mol. The Morgan fingerprint density at radius 3 is 2.77 bits per heavy atom. The largest absolute Gasteiger partial charge is 0.338 e. The second-order valence-electron chi connectivity index (χ2n) is 7.61. The number of imidazole rings is 1. The van der Waals surface area contributed by atoms with Crippen LogP contribution in [0.5, 0.6) is 0 Å². The summed E-state index contributed by atoms with van der Waals surface area (Å²) < 4.78 is 0. The number of anilines is 1. The van der Waals surface area contributed by atoms with Crippen LogP contribution in [-0.2, 0) is 4.79 Å². The number of carbonyl (C=O) groups is 1. The lowest BCUT2D eigenvalue weighted by molar-refractivity contribution is -0.121. The van der Waals surface area contributed by atoms with Gasteiger partial charge in [-0.2, -0.15) is 0 Å². The van der Waals surface area contributed by atoms with Crippen molar-refractivity contribution in [1.29, 1.82) is 0 Å². The first kappa shape index (κ1) is 15.6. The van der Waals surface area contributed by atoms with E-state index in [1.54, 1.807) is 0 Å². The van der Waals surface area contributed by atoms with E-state index < -0.39 is 0 Å². The average molecular weight is 346 g/mol. The number of fused-ring (bicyclic) bond motifs is 3. The van der Waals surface area contributed by atoms with Gasteiger partial charge in [-0.25, -0.2) is 4.98 Å². The van der Waals surface area contributed by atoms with Crippen LogP contribution in [0.15, 0.2) is 48.5 Å². The lowest BCUT2D eigenvalue weighted by atomic mass is 9.84. The molecule has 4 N–H and O–H groups in total. The van der Waals surface area contributed by atoms with Crippen LogP contribution in [0.25, 0.3) is 22.4 Å². The molecule has 2 fully saturated rings. The SMILES string of the molecule is NC1C2CCC(C2)C1C(=O)Nc1cccc(-c2nc3ccccc3[nH]2)c1. The molecule has 5 heteroatoms. The predicted molar refractivity (Wildman–Crippen MR) is 102 cm³/mol. The van der Waals surface area contributed by atoms with Crippen LogP contribution in [0.1, 0.15) is 19.3 Å². The highest BCUT2D eigenvalue weighted by atomic mass is 16.2. The van der Waals surface area contributed by atoms with Crippen molar-refractivity contribution in [3.05, 3.63) is 48.5 Å². The van der Waals surface area contributed by atoms with Crippen molar-refractivity contribution in [2.45, 2.75) is 25.3 Å². The summed E-state index contributed by atoms with van der Waals surface area (Å²) in [5, 5.41) is 3.08. The first-order valence-electron chi connectivity index (χ1n) is 9.31. The highest BCUT2D eigenvalue weighted by molar-refractivity contribution is 5.94. The number of hydrogen-bond acceptors (Lipinski definition) is 3. The summed E-state index contributed by atoms with van der Waals surface area (Å²) in [5.74, 6) is 1.79. The number of benzene rings is 2. The van der Waals surface area contributed by atoms with E-state index in [9.17, 15) is 4.79 Å². The van der Waals surface area contributed by atoms with Gasteiger partial charge in [0.15, 0.2) is 0 Å². The fraction of sp³-hybridized carbons (Fsp3) is 0.333. The summed E-state index contributed by atoms with van der Waals surface area (Å²) in [6.07, 6.45) is 3.42. The van der Waals surface area contributed by atoms with Crippen molar-refractivity contribution in [2.24, 2.45) is 23.5 Å². The van der Waals surface area contributed by atoms with Crippen molar-refractivity contribution in [3.8, 4) is 11.4 Å². The molecule has 5 rings (SSSR count). The van der Waals surface area contributed by atoms with E-state index in [4.69, 9.17) is 5.73 Å². The van der Waals surface area contributed by atoms with Gasteiger partial charge in [0.1, 0.15) is 5.82 Å². The standard InChI is InChI=1S/C21H22N4O/c22-19-13-9-8-12(10-13)18(19)21(26)23-15-5-3-4-14(11-15)20-24-16-6-1-2-7-17(16)25-20/h1-7,11-13,18-19H,8-10,22H2,(H,23,26)(H,24,25). The van der Waals surface area contributed by atoms with Gasteiger partial charge >= 0.3 is 0 Å². The molecule has 0 spiro atoms. The Labute approximate surface area is 152 Å². The Hall–Kier alpha value is -2.66. The fourth-order valence-electron chi connectivity index (χ4n) is 4.78. The minimum Gasteiger partial charge on any atom is -0.338 e. The lowest BCUT2D eigenvalue weighted by Gasteiger charge is -2.27. The van der Waals surface area contributed by atoms with Gasteiger partial charge in [-0.1, -0.05) is 24.3 Å². The van der Waals surface area contributed by atoms with Crippen LogP contribution in [0.2, 0.25) is 0 Å². The van der Waals surface area contributed by atoms with Crippen LogP contribution >= 0.6 is 0 Å². The number of aromatic amines is 1. The number of hydrogen-bond donors (Lipinski definition) is 3. The van der Waals surface area contributed by atoms with Crippen molar-refractivity contribution in [2.75, 3.05) is 5.32 Å². The third kappa shape index (κ3) is 2.51. The van der Waals surface area contributed by atoms with Crippen molar-refractivity contribution in [1.82, 2.24) is 9.97 Å². The summed E-state index contributed by atoms with van der Waals surface area (Å²) in [4.78, 5) is 20.8. The highest BCUT2D eigenvalue weighted by Gasteiger charge is 2.49. The molecule has 132 valence electrons. The number of nitrogens with zero attached hydrogens (tertiary/aromatic N) is 1. The van der Waals surface area contributed by atoms with Crippen molar-refractivity contribution in [3.63, 3.8) is 0 Å². The van der Waals surface area contributed by atoms with Gasteiger partial charge in [0.25, 0.3) is 0 Å². The minimum atomic E-state index is -0.0522. The van der Waals surface area contributed by atoms with E-state index in [-0.39, 0.29) is 17.9 Å². The molecule has 2 aliphatic carbocycles. The third-order valence-electron chi connectivity index (χ3n) is 6.08. The summed E-state index contributed by atoms with van der Waals surface area (Å²) in [5.41, 5.74) is 10.00. The van der Waals surface area contributed by atoms with E-state index in [1.807, 2.05) is 48.5 Å². The second-order valence-corrected chi connectivity index (χ2v) is 7.61. The zero-order valence-electron chi connectivity index (χ0n) is 14.5. The fourth-order valence-corrected chi connectivity index (χ4v) is 4.78. The molecule has 1 heterocycles. The van der Waals surface area contributed by atoms with Gasteiger partial charge in [0.2, 0.25) is 5.91 Å². The van der Waals surface area contributed by atoms with Gasteiger partial charge < -0.3 is 16.0 Å². The number of nitrogens with two attached hydrogens (primary N) is 1. The van der Waals surface area contributed by atoms with E-state index in [0.717, 1.165) is 41.0 Å². The van der Waals surface area contributed by atoms with E-state index in [1.165, 1.54) is 6.42 Å². The highest BCUT2D eigenvalue weighted by Crippen LogP contribution is 2.47. The molecule has 0 radical (unpaired) electrons. The first-order valence-corrected chi connectivity index (χ1v) is 9.31. The van der Waals surface area contributed by atoms with Gasteiger partial charge in [-0.15, -0.1) is 0 Å². The first-order chi connectivity index (χ1) is 12.7. The van der Waals surface area contributed by atoms with Crippen LogP contribution in [0, 0.1) is 17.8 Å². The van der Waals surface area contributed by atoms with Crippen LogP contribution in [0.4, 0.5) is 5.69 Å². The van der Waals surface area contributed by atoms with Crippen molar-refractivity contribution < 1.29 is 4.79 Å². The summed E-state index contributed by atoms with van der Waals surface area (Å²) in [6, 6.07) is 15.8. The molecule has 0 aliphatic heterocycles. The molecule has 0 saturated heterocycles. The van der Waals surface area contributed by atoms with Gasteiger partial charge in [0, 0.05) is 17.3 Å². The Kier molecular flexibility index (Phi) is 3.57. The molecule has 2 bridgehead atoms. The summed E-state index contributed by atoms with van der Waals surface area (Å²) in [6.45, 7) is 0. The molecule has 2 saturated carbocycles. The normalized spacial score (nSPS) is 27.1. The Bertz CT molecular complexity index is 944. The molecule has 1 amide bonds. The molecule has 26 heavy (non-hydrogen) atoms. The summed E-state index contributed by atoms with van der Waals surface area (Å²) in [7, 11) is 0. The molecular formula is C21H22N4O. The third-order valence-corrected chi connectivity index (χ3v) is 6.08. The molecule has 4 atom stereocenters. The molecular weight excluding hydrogens is 324 g/mol. The maximum Gasteiger partial charge on any atom is 0.229 e. The summed E-state index contributed by atoms with van der Waals surface area (Å²) >= 11 is 0. The Balaban J connectivity index is 1.39. The maximum atomic E-state index is 12.8. The number of nitrogens with one attached hydrogen (secondary N) is 2. The number of aromatic nitrogens is 2. The number of carbonyl (C=O) groups excluding carboxylic acids is 1. The topological polar surface area (TPSA) is 83.8 Å². The van der Waals surface area contributed by atoms with Gasteiger partial charge in [0.05, 0.1) is 17.0 Å². The van der Waals surface area contributed by atoms with Crippen LogP contribution in [0.3, 0.4) is 0 Å². The smallest absolute Gasteiger partial charge is 0.229 e. The zero-order valence-corrected chi connectivity index (χ0v) is 14.5. The zero-order chi connectivity index (χ0) is 17.7. The Morgan fingerprint density at radius 1 is 1.12 bits per heavy atom. The van der Waals surface area contributed by atoms with Crippen LogP contribution in [-0.4, -0.2) is 21.9 Å². The second kappa shape index (κ2) is 5.95. The average Bonchev–Trinajstić information content (AvgIpc) is 3.35. The Morgan fingerprint density at radius 2 is 1.96 bits per heavy atom. The van der Waals surface area contributed by atoms with E-state index in [0.29, 0.717) is 11.8 Å². The molecule has 4 unspecified atom stereocenters. The van der Waals surface area contributed by atoms with Gasteiger partial charge in [-0.3, -0.25) is 4.79 Å². The molecule has 5 nitrogen and oxygen atoms in total. The lowest BCUT2D eigenvalue weighted by Crippen LogP contribution is -2.42. The number of rotatable bonds is 3. The van der Waals surface area contributed by atoms with Crippen LogP contribution < -0.4 is 11.1 Å². The molecule has 2 aliphatic rings. The molecule has 2 aromatic carbocycles. The molecule has 1 aromatic heterocycles. The molecule has 3 aromatic rings. The minimum absolute atomic E-state index is 0.00676. The van der Waals surface area contributed by atoms with E-state index in [2.05, 4.69) is 15.3 Å². The predicted octanol–water partition coefficient (Wildman–Crippen LogP) is 3.54.